The monoisotopic (exact) mass is 299 g/mol. The number of anilines is 1. The standard InChI is InChI=1S/C18H21NO3/c1-11-4-2-7-14-15(11)19-16(12-5-3-6-13(20)10-12)18-17(14)21-8-9-22-18/h2-4,6-7,10,12,16-20H,5,8-9H2,1H3/t12?,16-,17+,18-/m0/s1. The highest BCUT2D eigenvalue weighted by molar-refractivity contribution is 5.61. The molecule has 4 rings (SSSR count). The summed E-state index contributed by atoms with van der Waals surface area (Å²) in [5, 5.41) is 13.5. The summed E-state index contributed by atoms with van der Waals surface area (Å²) in [6.45, 7) is 3.37. The average Bonchev–Trinajstić information content (AvgIpc) is 2.54. The Hall–Kier alpha value is -1.78. The molecule has 4 atom stereocenters. The topological polar surface area (TPSA) is 50.7 Å². The number of rotatable bonds is 1. The zero-order valence-corrected chi connectivity index (χ0v) is 12.7. The first-order valence-electron chi connectivity index (χ1n) is 7.90. The van der Waals surface area contributed by atoms with Crippen molar-refractivity contribution in [1.29, 1.82) is 0 Å². The van der Waals surface area contributed by atoms with Gasteiger partial charge in [-0.25, -0.2) is 0 Å². The van der Waals surface area contributed by atoms with Crippen molar-refractivity contribution in [2.75, 3.05) is 18.5 Å². The van der Waals surface area contributed by atoms with Crippen molar-refractivity contribution in [2.45, 2.75) is 31.6 Å². The van der Waals surface area contributed by atoms with Crippen LogP contribution >= 0.6 is 0 Å². The fraction of sp³-hybridized carbons (Fsp3) is 0.444. The molecular weight excluding hydrogens is 278 g/mol. The van der Waals surface area contributed by atoms with E-state index in [2.05, 4.69) is 30.4 Å². The SMILES string of the molecule is Cc1cccc2c1N[C@@H](C1C=C(O)C=CC1)[C@@H]1OCCO[C@H]21. The number of hydrogen-bond acceptors (Lipinski definition) is 4. The van der Waals surface area contributed by atoms with Gasteiger partial charge in [-0.2, -0.15) is 0 Å². The minimum absolute atomic E-state index is 0.0244. The third kappa shape index (κ3) is 2.23. The number of para-hydroxylation sites is 1. The minimum Gasteiger partial charge on any atom is -0.508 e. The van der Waals surface area contributed by atoms with Crippen molar-refractivity contribution in [3.63, 3.8) is 0 Å². The number of aryl methyl sites for hydroxylation is 1. The molecule has 2 aliphatic heterocycles. The predicted octanol–water partition coefficient (Wildman–Crippen LogP) is 3.26. The molecule has 116 valence electrons. The Morgan fingerprint density at radius 2 is 2.09 bits per heavy atom. The zero-order valence-electron chi connectivity index (χ0n) is 12.7. The van der Waals surface area contributed by atoms with Gasteiger partial charge in [-0.05, 0) is 31.1 Å². The van der Waals surface area contributed by atoms with Crippen LogP contribution in [-0.2, 0) is 9.47 Å². The second-order valence-electron chi connectivity index (χ2n) is 6.23. The van der Waals surface area contributed by atoms with Gasteiger partial charge < -0.3 is 19.9 Å². The summed E-state index contributed by atoms with van der Waals surface area (Å²) in [7, 11) is 0. The smallest absolute Gasteiger partial charge is 0.113 e. The van der Waals surface area contributed by atoms with Crippen LogP contribution in [0.15, 0.2) is 42.2 Å². The summed E-state index contributed by atoms with van der Waals surface area (Å²) in [6.07, 6.45) is 6.55. The van der Waals surface area contributed by atoms with Crippen molar-refractivity contribution in [3.8, 4) is 0 Å². The molecule has 1 saturated heterocycles. The molecule has 4 nitrogen and oxygen atoms in total. The summed E-state index contributed by atoms with van der Waals surface area (Å²) in [6, 6.07) is 6.40. The molecule has 1 aromatic rings. The van der Waals surface area contributed by atoms with Gasteiger partial charge in [0.25, 0.3) is 0 Å². The molecule has 0 amide bonds. The van der Waals surface area contributed by atoms with Crippen molar-refractivity contribution in [1.82, 2.24) is 0 Å². The number of benzene rings is 1. The highest BCUT2D eigenvalue weighted by Crippen LogP contribution is 2.43. The largest absolute Gasteiger partial charge is 0.508 e. The maximum atomic E-state index is 9.83. The van der Waals surface area contributed by atoms with E-state index in [0.717, 1.165) is 12.1 Å². The van der Waals surface area contributed by atoms with E-state index in [9.17, 15) is 5.11 Å². The minimum atomic E-state index is -0.0312. The van der Waals surface area contributed by atoms with E-state index in [1.54, 1.807) is 6.08 Å². The summed E-state index contributed by atoms with van der Waals surface area (Å²) in [4.78, 5) is 0. The van der Waals surface area contributed by atoms with Crippen LogP contribution < -0.4 is 5.32 Å². The van der Waals surface area contributed by atoms with Gasteiger partial charge in [-0.15, -0.1) is 0 Å². The van der Waals surface area contributed by atoms with Gasteiger partial charge in [-0.1, -0.05) is 24.3 Å². The van der Waals surface area contributed by atoms with E-state index in [-0.39, 0.29) is 24.2 Å². The van der Waals surface area contributed by atoms with Crippen LogP contribution in [0.3, 0.4) is 0 Å². The molecule has 1 aromatic carbocycles. The third-order valence-electron chi connectivity index (χ3n) is 4.81. The number of aliphatic hydroxyl groups is 1. The predicted molar refractivity (Wildman–Crippen MR) is 85.0 cm³/mol. The Morgan fingerprint density at radius 3 is 2.95 bits per heavy atom. The quantitative estimate of drug-likeness (QED) is 0.835. The Balaban J connectivity index is 1.74. The first-order valence-corrected chi connectivity index (χ1v) is 7.90. The number of fused-ring (bicyclic) bond motifs is 3. The highest BCUT2D eigenvalue weighted by atomic mass is 16.6. The lowest BCUT2D eigenvalue weighted by Gasteiger charge is -2.45. The molecule has 0 aromatic heterocycles. The second-order valence-corrected chi connectivity index (χ2v) is 6.23. The molecule has 3 aliphatic rings. The van der Waals surface area contributed by atoms with Crippen molar-refractivity contribution in [3.05, 3.63) is 53.3 Å². The molecule has 0 spiro atoms. The molecule has 1 unspecified atom stereocenters. The van der Waals surface area contributed by atoms with E-state index in [1.165, 1.54) is 11.1 Å². The highest BCUT2D eigenvalue weighted by Gasteiger charge is 2.43. The maximum absolute atomic E-state index is 9.83. The molecule has 2 N–H and O–H groups in total. The molecular formula is C18H21NO3. The van der Waals surface area contributed by atoms with Crippen LogP contribution in [0, 0.1) is 12.8 Å². The molecule has 4 heteroatoms. The van der Waals surface area contributed by atoms with Crippen molar-refractivity contribution >= 4 is 5.69 Å². The van der Waals surface area contributed by atoms with E-state index in [0.29, 0.717) is 19.0 Å². The fourth-order valence-corrected chi connectivity index (χ4v) is 3.76. The Labute approximate surface area is 130 Å². The van der Waals surface area contributed by atoms with Crippen LogP contribution in [0.5, 0.6) is 0 Å². The van der Waals surface area contributed by atoms with Gasteiger partial charge in [0.15, 0.2) is 0 Å². The second kappa shape index (κ2) is 5.45. The first-order chi connectivity index (χ1) is 10.7. The van der Waals surface area contributed by atoms with Gasteiger partial charge in [0.2, 0.25) is 0 Å². The Bertz CT molecular complexity index is 637. The maximum Gasteiger partial charge on any atom is 0.113 e. The van der Waals surface area contributed by atoms with Crippen LogP contribution in [0.1, 0.15) is 23.7 Å². The van der Waals surface area contributed by atoms with Crippen molar-refractivity contribution < 1.29 is 14.6 Å². The normalized spacial score (nSPS) is 33.4. The number of hydrogen-bond donors (Lipinski definition) is 2. The lowest BCUT2D eigenvalue weighted by Crippen LogP contribution is -2.51. The summed E-state index contributed by atoms with van der Waals surface area (Å²) >= 11 is 0. The lowest BCUT2D eigenvalue weighted by atomic mass is 9.81. The van der Waals surface area contributed by atoms with E-state index in [1.807, 2.05) is 12.2 Å². The van der Waals surface area contributed by atoms with Gasteiger partial charge in [0, 0.05) is 17.2 Å². The zero-order chi connectivity index (χ0) is 15.1. The molecule has 2 heterocycles. The summed E-state index contributed by atoms with van der Waals surface area (Å²) < 4.78 is 12.1. The van der Waals surface area contributed by atoms with E-state index in [4.69, 9.17) is 9.47 Å². The van der Waals surface area contributed by atoms with Crippen LogP contribution in [0.25, 0.3) is 0 Å². The van der Waals surface area contributed by atoms with E-state index >= 15 is 0 Å². The Morgan fingerprint density at radius 1 is 1.23 bits per heavy atom. The van der Waals surface area contributed by atoms with Gasteiger partial charge in [0.05, 0.1) is 19.3 Å². The summed E-state index contributed by atoms with van der Waals surface area (Å²) in [5.41, 5.74) is 3.55. The van der Waals surface area contributed by atoms with Crippen molar-refractivity contribution in [2.24, 2.45) is 5.92 Å². The number of allylic oxidation sites excluding steroid dienone is 2. The van der Waals surface area contributed by atoms with Gasteiger partial charge in [0.1, 0.15) is 18.0 Å². The molecule has 0 saturated carbocycles. The van der Waals surface area contributed by atoms with Crippen LogP contribution in [-0.4, -0.2) is 30.5 Å². The summed E-state index contributed by atoms with van der Waals surface area (Å²) in [5.74, 6) is 0.536. The molecule has 1 aliphatic carbocycles. The number of aliphatic hydroxyl groups excluding tert-OH is 1. The van der Waals surface area contributed by atoms with Crippen LogP contribution in [0.2, 0.25) is 0 Å². The molecule has 22 heavy (non-hydrogen) atoms. The van der Waals surface area contributed by atoms with Gasteiger partial charge >= 0.3 is 0 Å². The van der Waals surface area contributed by atoms with E-state index < -0.39 is 0 Å². The lowest BCUT2D eigenvalue weighted by molar-refractivity contribution is -0.153. The Kier molecular flexibility index (Phi) is 3.43. The third-order valence-corrected chi connectivity index (χ3v) is 4.81. The fourth-order valence-electron chi connectivity index (χ4n) is 3.76. The molecule has 0 radical (unpaired) electrons. The average molecular weight is 299 g/mol. The van der Waals surface area contributed by atoms with Gasteiger partial charge in [-0.3, -0.25) is 0 Å². The van der Waals surface area contributed by atoms with Crippen LogP contribution in [0.4, 0.5) is 5.69 Å². The number of ether oxygens (including phenoxy) is 2. The first kappa shape index (κ1) is 13.9. The number of nitrogens with one attached hydrogen (secondary N) is 1. The molecule has 1 fully saturated rings. The molecule has 0 bridgehead atoms.